The number of rotatable bonds is 9. The third-order valence-corrected chi connectivity index (χ3v) is 3.20. The van der Waals surface area contributed by atoms with Crippen LogP contribution >= 0.6 is 0 Å². The Bertz CT molecular complexity index is 551. The lowest BCUT2D eigenvalue weighted by atomic mass is 10.0. The van der Waals surface area contributed by atoms with Crippen LogP contribution in [0.25, 0.3) is 0 Å². The molecule has 0 amide bonds. The molecule has 3 atom stereocenters. The van der Waals surface area contributed by atoms with Crippen molar-refractivity contribution < 1.29 is 34.8 Å². The van der Waals surface area contributed by atoms with Crippen molar-refractivity contribution in [3.8, 4) is 0 Å². The molecule has 1 aromatic carbocycles. The summed E-state index contributed by atoms with van der Waals surface area (Å²) in [7, 11) is 0. The number of benzene rings is 1. The Morgan fingerprint density at radius 2 is 1.60 bits per heavy atom. The van der Waals surface area contributed by atoms with Crippen LogP contribution in [0, 0.1) is 0 Å². The maximum atomic E-state index is 11.0. The average Bonchev–Trinajstić information content (AvgIpc) is 2.58. The van der Waals surface area contributed by atoms with E-state index in [4.69, 9.17) is 26.2 Å². The molecule has 0 saturated heterocycles. The molecule has 0 aliphatic heterocycles. The minimum absolute atomic E-state index is 0.358. The fraction of sp³-hybridized carbons (Fsp3) is 0.438. The molecule has 0 unspecified atom stereocenters. The fourth-order valence-electron chi connectivity index (χ4n) is 1.68. The first kappa shape index (κ1) is 22.5. The van der Waals surface area contributed by atoms with Crippen molar-refractivity contribution in [2.45, 2.75) is 37.9 Å². The van der Waals surface area contributed by atoms with Crippen LogP contribution in [0.15, 0.2) is 30.3 Å². The second-order valence-electron chi connectivity index (χ2n) is 5.27. The number of nitrogens with one attached hydrogen (secondary N) is 1. The number of nitrogens with two attached hydrogens (primary N) is 1. The number of aliphatic hydroxyl groups excluding tert-OH is 1. The Hall–Kier alpha value is -2.49. The third kappa shape index (κ3) is 10.1. The maximum absolute atomic E-state index is 11.0. The van der Waals surface area contributed by atoms with E-state index in [0.717, 1.165) is 5.56 Å². The summed E-state index contributed by atoms with van der Waals surface area (Å²) in [5.41, 5.74) is 5.80. The monoisotopic (exact) mass is 356 g/mol. The van der Waals surface area contributed by atoms with Gasteiger partial charge in [0.2, 0.25) is 0 Å². The minimum atomic E-state index is -1.18. The zero-order valence-corrected chi connectivity index (χ0v) is 13.8. The van der Waals surface area contributed by atoms with Crippen LogP contribution in [0.2, 0.25) is 0 Å². The van der Waals surface area contributed by atoms with E-state index in [9.17, 15) is 14.4 Å². The highest BCUT2D eigenvalue weighted by Gasteiger charge is 2.22. The highest BCUT2D eigenvalue weighted by Crippen LogP contribution is 2.06. The van der Waals surface area contributed by atoms with E-state index in [1.54, 1.807) is 0 Å². The predicted molar refractivity (Wildman–Crippen MR) is 89.1 cm³/mol. The first-order valence-corrected chi connectivity index (χ1v) is 7.53. The summed E-state index contributed by atoms with van der Waals surface area (Å²) >= 11 is 0. The van der Waals surface area contributed by atoms with Crippen LogP contribution in [0.3, 0.4) is 0 Å². The van der Waals surface area contributed by atoms with Crippen LogP contribution < -0.4 is 11.1 Å². The molecule has 0 bridgehead atoms. The Kier molecular flexibility index (Phi) is 10.8. The van der Waals surface area contributed by atoms with Crippen molar-refractivity contribution in [2.75, 3.05) is 6.61 Å². The third-order valence-electron chi connectivity index (χ3n) is 3.20. The largest absolute Gasteiger partial charge is 0.480 e. The Balaban J connectivity index is 0.000000697. The van der Waals surface area contributed by atoms with E-state index in [-0.39, 0.29) is 0 Å². The number of aliphatic carboxylic acids is 3. The van der Waals surface area contributed by atoms with E-state index < -0.39 is 42.6 Å². The Morgan fingerprint density at radius 3 is 1.96 bits per heavy atom. The normalized spacial score (nSPS) is 13.7. The molecule has 1 rings (SSSR count). The average molecular weight is 356 g/mol. The summed E-state index contributed by atoms with van der Waals surface area (Å²) in [6.07, 6.45) is 0.952. The standard InChI is InChI=1S/C13H17NO4.C3H7NO3/c1-9(12(15)16)14-11(13(17)18)8-7-10-5-3-2-4-6-10;4-2(1-5)3(6)7/h2-6,9,11,14H,7-8H2,1H3,(H,15,16)(H,17,18);2,5H,1,4H2,(H,6,7)/t9-,11+;2-/m10/s1. The van der Waals surface area contributed by atoms with Gasteiger partial charge in [-0.15, -0.1) is 0 Å². The van der Waals surface area contributed by atoms with Crippen LogP contribution in [0.1, 0.15) is 18.9 Å². The van der Waals surface area contributed by atoms with Gasteiger partial charge in [0.1, 0.15) is 18.1 Å². The van der Waals surface area contributed by atoms with Crippen molar-refractivity contribution in [1.29, 1.82) is 0 Å². The summed E-state index contributed by atoms with van der Waals surface area (Å²) in [6.45, 7) is 0.927. The van der Waals surface area contributed by atoms with Crippen molar-refractivity contribution in [3.05, 3.63) is 35.9 Å². The number of hydrogen-bond donors (Lipinski definition) is 6. The van der Waals surface area contributed by atoms with E-state index >= 15 is 0 Å². The minimum Gasteiger partial charge on any atom is -0.480 e. The molecular weight excluding hydrogens is 332 g/mol. The van der Waals surface area contributed by atoms with Crippen molar-refractivity contribution in [2.24, 2.45) is 5.73 Å². The number of carboxylic acid groups (broad SMARTS) is 3. The molecule has 0 aliphatic carbocycles. The van der Waals surface area contributed by atoms with Gasteiger partial charge in [-0.25, -0.2) is 0 Å². The highest BCUT2D eigenvalue weighted by atomic mass is 16.4. The lowest BCUT2D eigenvalue weighted by Crippen LogP contribution is -2.45. The molecule has 9 nitrogen and oxygen atoms in total. The maximum Gasteiger partial charge on any atom is 0.322 e. The SMILES string of the molecule is C[C@@H](N[C@@H](CCc1ccccc1)C(=O)O)C(=O)O.N[C@@H](CO)C(=O)O. The molecule has 0 saturated carbocycles. The van der Waals surface area contributed by atoms with Gasteiger partial charge in [-0.3, -0.25) is 19.7 Å². The van der Waals surface area contributed by atoms with Gasteiger partial charge in [0.25, 0.3) is 0 Å². The van der Waals surface area contributed by atoms with Crippen LogP contribution in [0.5, 0.6) is 0 Å². The molecule has 0 aromatic heterocycles. The zero-order valence-electron chi connectivity index (χ0n) is 13.8. The first-order chi connectivity index (χ1) is 11.7. The van der Waals surface area contributed by atoms with E-state index in [2.05, 4.69) is 5.32 Å². The number of carbonyl (C=O) groups is 3. The summed E-state index contributed by atoms with van der Waals surface area (Å²) in [5, 5.41) is 36.3. The van der Waals surface area contributed by atoms with Crippen molar-refractivity contribution in [1.82, 2.24) is 5.32 Å². The van der Waals surface area contributed by atoms with Crippen LogP contribution in [-0.2, 0) is 20.8 Å². The zero-order chi connectivity index (χ0) is 19.4. The van der Waals surface area contributed by atoms with E-state index in [0.29, 0.717) is 12.8 Å². The second kappa shape index (κ2) is 12.0. The molecule has 7 N–H and O–H groups in total. The highest BCUT2D eigenvalue weighted by molar-refractivity contribution is 5.77. The lowest BCUT2D eigenvalue weighted by molar-refractivity contribution is -0.142. The summed E-state index contributed by atoms with van der Waals surface area (Å²) in [4.78, 5) is 31.3. The molecule has 25 heavy (non-hydrogen) atoms. The summed E-state index contributed by atoms with van der Waals surface area (Å²) < 4.78 is 0. The van der Waals surface area contributed by atoms with Crippen LogP contribution in [-0.4, -0.2) is 63.1 Å². The number of hydrogen-bond acceptors (Lipinski definition) is 6. The number of aliphatic hydroxyl groups is 1. The molecule has 0 spiro atoms. The second-order valence-corrected chi connectivity index (χ2v) is 5.27. The van der Waals surface area contributed by atoms with Gasteiger partial charge in [-0.1, -0.05) is 30.3 Å². The van der Waals surface area contributed by atoms with Gasteiger partial charge in [-0.05, 0) is 25.3 Å². The van der Waals surface area contributed by atoms with Gasteiger partial charge < -0.3 is 26.2 Å². The number of aryl methyl sites for hydroxylation is 1. The van der Waals surface area contributed by atoms with Gasteiger partial charge in [0, 0.05) is 0 Å². The van der Waals surface area contributed by atoms with E-state index in [1.807, 2.05) is 30.3 Å². The predicted octanol–water partition coefficient (Wildman–Crippen LogP) is -0.474. The van der Waals surface area contributed by atoms with Crippen molar-refractivity contribution in [3.63, 3.8) is 0 Å². The molecule has 1 aromatic rings. The van der Waals surface area contributed by atoms with Gasteiger partial charge >= 0.3 is 17.9 Å². The van der Waals surface area contributed by atoms with Gasteiger partial charge in [-0.2, -0.15) is 0 Å². The first-order valence-electron chi connectivity index (χ1n) is 7.53. The molecular formula is C16H24N2O7. The molecule has 0 aliphatic rings. The molecule has 0 fully saturated rings. The van der Waals surface area contributed by atoms with E-state index in [1.165, 1.54) is 6.92 Å². The molecule has 0 radical (unpaired) electrons. The fourth-order valence-corrected chi connectivity index (χ4v) is 1.68. The van der Waals surface area contributed by atoms with Crippen molar-refractivity contribution >= 4 is 17.9 Å². The molecule has 0 heterocycles. The van der Waals surface area contributed by atoms with Crippen LogP contribution in [0.4, 0.5) is 0 Å². The Labute approximate surface area is 145 Å². The van der Waals surface area contributed by atoms with Gasteiger partial charge in [0.05, 0.1) is 6.61 Å². The molecule has 140 valence electrons. The quantitative estimate of drug-likeness (QED) is 0.342. The summed E-state index contributed by atoms with van der Waals surface area (Å²) in [6, 6.07) is 6.65. The number of carboxylic acids is 3. The summed E-state index contributed by atoms with van der Waals surface area (Å²) in [5.74, 6) is -3.26. The lowest BCUT2D eigenvalue weighted by Gasteiger charge is -2.17. The Morgan fingerprint density at radius 1 is 1.04 bits per heavy atom. The topological polar surface area (TPSA) is 170 Å². The smallest absolute Gasteiger partial charge is 0.322 e. The molecule has 9 heteroatoms. The van der Waals surface area contributed by atoms with Gasteiger partial charge in [0.15, 0.2) is 0 Å².